The Morgan fingerprint density at radius 3 is 2.37 bits per heavy atom. The highest BCUT2D eigenvalue weighted by atomic mass is 35.5. The van der Waals surface area contributed by atoms with Gasteiger partial charge in [-0.05, 0) is 18.2 Å². The topological polar surface area (TPSA) is 76.2 Å². The molecule has 0 aliphatic rings. The van der Waals surface area contributed by atoms with Crippen LogP contribution in [-0.4, -0.2) is 16.1 Å². The number of halogens is 3. The normalized spacial score (nSPS) is 10.5. The van der Waals surface area contributed by atoms with E-state index in [0.29, 0.717) is 26.3 Å². The Hall–Kier alpha value is -1.49. The predicted octanol–water partition coefficient (Wildman–Crippen LogP) is 3.99. The number of hydrogen-bond donors (Lipinski definition) is 2. The molecule has 0 bridgehead atoms. The standard InChI is InChI=1S/C12H7Cl3N2O2/c13-7-3-9(15)8(14)1-5(7)11-2-6(12(18)19)10(16)4-17-11/h1-4H,16H2,(H,18,19). The van der Waals surface area contributed by atoms with Crippen LogP contribution in [0.5, 0.6) is 0 Å². The molecular formula is C12H7Cl3N2O2. The first-order valence-corrected chi connectivity index (χ1v) is 6.17. The molecule has 1 heterocycles. The van der Waals surface area contributed by atoms with Gasteiger partial charge in [-0.15, -0.1) is 0 Å². The fourth-order valence-corrected chi connectivity index (χ4v) is 2.16. The molecule has 0 atom stereocenters. The lowest BCUT2D eigenvalue weighted by atomic mass is 10.1. The number of aromatic carboxylic acids is 1. The molecule has 0 saturated carbocycles. The highest BCUT2D eigenvalue weighted by Crippen LogP contribution is 2.35. The third kappa shape index (κ3) is 2.76. The Morgan fingerprint density at radius 2 is 1.74 bits per heavy atom. The zero-order chi connectivity index (χ0) is 14.2. The van der Waals surface area contributed by atoms with Crippen molar-refractivity contribution < 1.29 is 9.90 Å². The van der Waals surface area contributed by atoms with E-state index in [0.717, 1.165) is 0 Å². The molecule has 19 heavy (non-hydrogen) atoms. The van der Waals surface area contributed by atoms with Gasteiger partial charge >= 0.3 is 5.97 Å². The molecule has 0 aliphatic heterocycles. The van der Waals surface area contributed by atoms with Crippen LogP contribution in [-0.2, 0) is 0 Å². The molecule has 0 aliphatic carbocycles. The van der Waals surface area contributed by atoms with Gasteiger partial charge in [-0.2, -0.15) is 0 Å². The van der Waals surface area contributed by atoms with Gasteiger partial charge in [-0.1, -0.05) is 34.8 Å². The summed E-state index contributed by atoms with van der Waals surface area (Å²) in [5.74, 6) is -1.14. The maximum absolute atomic E-state index is 11.0. The summed E-state index contributed by atoms with van der Waals surface area (Å²) in [6.45, 7) is 0. The van der Waals surface area contributed by atoms with E-state index < -0.39 is 5.97 Å². The van der Waals surface area contributed by atoms with Crippen LogP contribution < -0.4 is 5.73 Å². The van der Waals surface area contributed by atoms with Gasteiger partial charge in [0.2, 0.25) is 0 Å². The van der Waals surface area contributed by atoms with Crippen molar-refractivity contribution in [3.63, 3.8) is 0 Å². The number of hydrogen-bond acceptors (Lipinski definition) is 3. The van der Waals surface area contributed by atoms with Crippen molar-refractivity contribution in [1.29, 1.82) is 0 Å². The summed E-state index contributed by atoms with van der Waals surface area (Å²) in [5, 5.41) is 9.95. The largest absolute Gasteiger partial charge is 0.478 e. The summed E-state index contributed by atoms with van der Waals surface area (Å²) in [4.78, 5) is 15.1. The number of benzene rings is 1. The first kappa shape index (κ1) is 13.9. The van der Waals surface area contributed by atoms with E-state index >= 15 is 0 Å². The molecule has 1 aromatic heterocycles. The number of carbonyl (C=O) groups is 1. The maximum atomic E-state index is 11.0. The highest BCUT2D eigenvalue weighted by molar-refractivity contribution is 6.44. The molecule has 1 aromatic carbocycles. The van der Waals surface area contributed by atoms with Gasteiger partial charge in [0, 0.05) is 5.56 Å². The van der Waals surface area contributed by atoms with Gasteiger partial charge in [0.25, 0.3) is 0 Å². The van der Waals surface area contributed by atoms with Crippen molar-refractivity contribution in [2.75, 3.05) is 5.73 Å². The molecule has 0 amide bonds. The number of nitrogens with zero attached hydrogens (tertiary/aromatic N) is 1. The second-order valence-electron chi connectivity index (χ2n) is 3.71. The van der Waals surface area contributed by atoms with E-state index in [-0.39, 0.29) is 11.3 Å². The Balaban J connectivity index is 2.63. The first-order chi connectivity index (χ1) is 8.90. The molecule has 3 N–H and O–H groups in total. The van der Waals surface area contributed by atoms with Crippen LogP contribution in [0.1, 0.15) is 10.4 Å². The third-order valence-electron chi connectivity index (χ3n) is 2.45. The number of aromatic nitrogens is 1. The Kier molecular flexibility index (Phi) is 3.85. The molecular weight excluding hydrogens is 311 g/mol. The van der Waals surface area contributed by atoms with Gasteiger partial charge in [0.1, 0.15) is 0 Å². The van der Waals surface area contributed by atoms with Crippen molar-refractivity contribution >= 4 is 46.5 Å². The zero-order valence-electron chi connectivity index (χ0n) is 9.32. The van der Waals surface area contributed by atoms with Crippen LogP contribution >= 0.6 is 34.8 Å². The lowest BCUT2D eigenvalue weighted by Gasteiger charge is -2.08. The highest BCUT2D eigenvalue weighted by Gasteiger charge is 2.14. The summed E-state index contributed by atoms with van der Waals surface area (Å²) < 4.78 is 0. The van der Waals surface area contributed by atoms with E-state index in [1.165, 1.54) is 24.4 Å². The number of anilines is 1. The monoisotopic (exact) mass is 316 g/mol. The molecule has 98 valence electrons. The van der Waals surface area contributed by atoms with E-state index in [9.17, 15) is 4.79 Å². The second kappa shape index (κ2) is 5.25. The molecule has 0 radical (unpaired) electrons. The molecule has 2 rings (SSSR count). The Labute approximate surface area is 123 Å². The average Bonchev–Trinajstić information content (AvgIpc) is 2.34. The fourth-order valence-electron chi connectivity index (χ4n) is 1.52. The van der Waals surface area contributed by atoms with Gasteiger partial charge in [0.05, 0.1) is 38.2 Å². The molecule has 2 aromatic rings. The molecule has 0 unspecified atom stereocenters. The number of nitrogens with two attached hydrogens (primary N) is 1. The number of carboxylic acid groups (broad SMARTS) is 1. The summed E-state index contributed by atoms with van der Waals surface area (Å²) >= 11 is 17.8. The summed E-state index contributed by atoms with van der Waals surface area (Å²) in [6, 6.07) is 4.33. The van der Waals surface area contributed by atoms with Gasteiger partial charge in [-0.25, -0.2) is 4.79 Å². The SMILES string of the molecule is Nc1cnc(-c2cc(Cl)c(Cl)cc2Cl)cc1C(=O)O. The van der Waals surface area contributed by atoms with E-state index in [4.69, 9.17) is 45.6 Å². The van der Waals surface area contributed by atoms with Gasteiger partial charge < -0.3 is 10.8 Å². The molecule has 0 fully saturated rings. The number of carboxylic acids is 1. The van der Waals surface area contributed by atoms with Crippen LogP contribution in [0.25, 0.3) is 11.3 Å². The first-order valence-electron chi connectivity index (χ1n) is 5.04. The van der Waals surface area contributed by atoms with E-state index in [1.54, 1.807) is 0 Å². The maximum Gasteiger partial charge on any atom is 0.337 e. The van der Waals surface area contributed by atoms with Crippen molar-refractivity contribution in [3.05, 3.63) is 45.0 Å². The molecule has 7 heteroatoms. The Morgan fingerprint density at radius 1 is 1.11 bits per heavy atom. The van der Waals surface area contributed by atoms with E-state index in [1.807, 2.05) is 0 Å². The Bertz CT molecular complexity index is 674. The molecule has 4 nitrogen and oxygen atoms in total. The van der Waals surface area contributed by atoms with Crippen LogP contribution in [0, 0.1) is 0 Å². The van der Waals surface area contributed by atoms with E-state index in [2.05, 4.69) is 4.98 Å². The van der Waals surface area contributed by atoms with Crippen molar-refractivity contribution in [1.82, 2.24) is 4.98 Å². The minimum Gasteiger partial charge on any atom is -0.478 e. The third-order valence-corrected chi connectivity index (χ3v) is 3.49. The molecule has 0 spiro atoms. The minimum absolute atomic E-state index is 0.0489. The van der Waals surface area contributed by atoms with Crippen LogP contribution in [0.4, 0.5) is 5.69 Å². The van der Waals surface area contributed by atoms with Crippen LogP contribution in [0.3, 0.4) is 0 Å². The van der Waals surface area contributed by atoms with Gasteiger partial charge in [-0.3, -0.25) is 4.98 Å². The van der Waals surface area contributed by atoms with Crippen LogP contribution in [0.15, 0.2) is 24.4 Å². The number of rotatable bonds is 2. The number of pyridine rings is 1. The lowest BCUT2D eigenvalue weighted by Crippen LogP contribution is -2.03. The molecule has 0 saturated heterocycles. The fraction of sp³-hybridized carbons (Fsp3) is 0. The lowest BCUT2D eigenvalue weighted by molar-refractivity contribution is 0.0698. The second-order valence-corrected chi connectivity index (χ2v) is 4.93. The van der Waals surface area contributed by atoms with Crippen molar-refractivity contribution in [2.45, 2.75) is 0 Å². The predicted molar refractivity (Wildman–Crippen MR) is 76.1 cm³/mol. The average molecular weight is 318 g/mol. The van der Waals surface area contributed by atoms with Crippen LogP contribution in [0.2, 0.25) is 15.1 Å². The quantitative estimate of drug-likeness (QED) is 0.821. The zero-order valence-corrected chi connectivity index (χ0v) is 11.6. The smallest absolute Gasteiger partial charge is 0.337 e. The van der Waals surface area contributed by atoms with Crippen molar-refractivity contribution in [2.24, 2.45) is 0 Å². The summed E-state index contributed by atoms with van der Waals surface area (Å²) in [7, 11) is 0. The number of nitrogen functional groups attached to an aromatic ring is 1. The van der Waals surface area contributed by atoms with Crippen molar-refractivity contribution in [3.8, 4) is 11.3 Å². The summed E-state index contributed by atoms with van der Waals surface area (Å²) in [5.41, 5.74) is 6.41. The minimum atomic E-state index is -1.14. The van der Waals surface area contributed by atoms with Gasteiger partial charge in [0.15, 0.2) is 0 Å². The summed E-state index contributed by atoms with van der Waals surface area (Å²) in [6.07, 6.45) is 1.26.